The number of halogens is 1. The van der Waals surface area contributed by atoms with Crippen molar-refractivity contribution in [3.63, 3.8) is 0 Å². The highest BCUT2D eigenvalue weighted by Gasteiger charge is 2.24. The molecule has 0 bridgehead atoms. The molecule has 1 aliphatic heterocycles. The van der Waals surface area contributed by atoms with E-state index in [9.17, 15) is 4.79 Å². The summed E-state index contributed by atoms with van der Waals surface area (Å²) in [6, 6.07) is 3.63. The highest BCUT2D eigenvalue weighted by atomic mass is 79.9. The summed E-state index contributed by atoms with van der Waals surface area (Å²) < 4.78 is 5.89. The smallest absolute Gasteiger partial charge is 0.254 e. The number of nitrogens with zero attached hydrogens (tertiary/aromatic N) is 1. The largest absolute Gasteiger partial charge is 0.381 e. The summed E-state index contributed by atoms with van der Waals surface area (Å²) in [5.74, 6) is 0.318. The zero-order chi connectivity index (χ0) is 12.3. The van der Waals surface area contributed by atoms with Gasteiger partial charge in [0.1, 0.15) is 4.60 Å². The van der Waals surface area contributed by atoms with Gasteiger partial charge in [-0.3, -0.25) is 4.79 Å². The number of hydrogen-bond donors (Lipinski definition) is 1. The Hall–Kier alpha value is -0.940. The summed E-state index contributed by atoms with van der Waals surface area (Å²) in [5, 5.41) is 2.99. The van der Waals surface area contributed by atoms with Gasteiger partial charge in [-0.05, 0) is 41.4 Å². The van der Waals surface area contributed by atoms with Gasteiger partial charge in [0.25, 0.3) is 5.91 Å². The highest BCUT2D eigenvalue weighted by Crippen LogP contribution is 2.18. The maximum Gasteiger partial charge on any atom is 0.254 e. The van der Waals surface area contributed by atoms with Crippen molar-refractivity contribution in [2.24, 2.45) is 5.92 Å². The molecule has 0 radical (unpaired) electrons. The van der Waals surface area contributed by atoms with E-state index in [2.05, 4.69) is 26.2 Å². The second-order valence-electron chi connectivity index (χ2n) is 4.23. The van der Waals surface area contributed by atoms with Crippen molar-refractivity contribution in [3.05, 3.63) is 28.5 Å². The second-order valence-corrected chi connectivity index (χ2v) is 4.98. The van der Waals surface area contributed by atoms with Crippen LogP contribution >= 0.6 is 15.9 Å². The second kappa shape index (κ2) is 5.60. The Morgan fingerprint density at radius 2 is 2.53 bits per heavy atom. The zero-order valence-electron chi connectivity index (χ0n) is 9.65. The molecule has 2 atom stereocenters. The van der Waals surface area contributed by atoms with Crippen LogP contribution in [-0.2, 0) is 4.74 Å². The molecule has 2 rings (SSSR count). The monoisotopic (exact) mass is 298 g/mol. The third-order valence-corrected chi connectivity index (χ3v) is 3.67. The van der Waals surface area contributed by atoms with Gasteiger partial charge >= 0.3 is 0 Å². The van der Waals surface area contributed by atoms with Gasteiger partial charge in [-0.1, -0.05) is 0 Å². The number of carbonyl (C=O) groups is 1. The third-order valence-electron chi connectivity index (χ3n) is 3.03. The molecule has 0 aromatic carbocycles. The fourth-order valence-electron chi connectivity index (χ4n) is 1.90. The number of amides is 1. The maximum atomic E-state index is 12.0. The van der Waals surface area contributed by atoms with Crippen LogP contribution in [0.5, 0.6) is 0 Å². The summed E-state index contributed by atoms with van der Waals surface area (Å²) in [5.41, 5.74) is 0.568. The van der Waals surface area contributed by atoms with Gasteiger partial charge in [0.15, 0.2) is 0 Å². The van der Waals surface area contributed by atoms with Crippen LogP contribution in [0.25, 0.3) is 0 Å². The number of pyridine rings is 1. The van der Waals surface area contributed by atoms with Gasteiger partial charge in [-0.2, -0.15) is 0 Å². The zero-order valence-corrected chi connectivity index (χ0v) is 11.2. The van der Waals surface area contributed by atoms with E-state index in [1.165, 1.54) is 0 Å². The highest BCUT2D eigenvalue weighted by molar-refractivity contribution is 9.10. The number of nitrogens with one attached hydrogen (secondary N) is 1. The van der Waals surface area contributed by atoms with Gasteiger partial charge < -0.3 is 10.1 Å². The van der Waals surface area contributed by atoms with E-state index >= 15 is 0 Å². The van der Waals surface area contributed by atoms with E-state index < -0.39 is 0 Å². The molecule has 0 saturated carbocycles. The number of rotatable bonds is 3. The number of hydrogen-bond acceptors (Lipinski definition) is 3. The predicted octanol–water partition coefficient (Wildman–Crippen LogP) is 2.00. The van der Waals surface area contributed by atoms with Gasteiger partial charge in [-0.15, -0.1) is 0 Å². The van der Waals surface area contributed by atoms with Crippen LogP contribution in [-0.4, -0.2) is 30.1 Å². The standard InChI is InChI=1S/C12H15BrN2O2/c1-8(9-4-6-17-7-9)15-12(16)10-3-2-5-14-11(10)13/h2-3,5,8-9H,4,6-7H2,1H3,(H,15,16). The Bertz CT molecular complexity index is 405. The summed E-state index contributed by atoms with van der Waals surface area (Å²) in [6.45, 7) is 3.54. The predicted molar refractivity (Wildman–Crippen MR) is 67.8 cm³/mol. The number of aromatic nitrogens is 1. The molecule has 92 valence electrons. The fourth-order valence-corrected chi connectivity index (χ4v) is 2.34. The quantitative estimate of drug-likeness (QED) is 0.869. The van der Waals surface area contributed by atoms with E-state index in [4.69, 9.17) is 4.74 Å². The van der Waals surface area contributed by atoms with E-state index in [1.54, 1.807) is 18.3 Å². The lowest BCUT2D eigenvalue weighted by Gasteiger charge is -2.19. The van der Waals surface area contributed by atoms with E-state index in [1.807, 2.05) is 6.92 Å². The van der Waals surface area contributed by atoms with Crippen molar-refractivity contribution in [2.45, 2.75) is 19.4 Å². The lowest BCUT2D eigenvalue weighted by molar-refractivity contribution is 0.0921. The van der Waals surface area contributed by atoms with Crippen LogP contribution in [0.2, 0.25) is 0 Å². The topological polar surface area (TPSA) is 51.2 Å². The van der Waals surface area contributed by atoms with Crippen molar-refractivity contribution in [1.82, 2.24) is 10.3 Å². The van der Waals surface area contributed by atoms with Crippen LogP contribution in [0.3, 0.4) is 0 Å². The molecular weight excluding hydrogens is 284 g/mol. The Balaban J connectivity index is 1.99. The number of carbonyl (C=O) groups excluding carboxylic acids is 1. The summed E-state index contributed by atoms with van der Waals surface area (Å²) in [7, 11) is 0. The van der Waals surface area contributed by atoms with Crippen LogP contribution in [0.1, 0.15) is 23.7 Å². The lowest BCUT2D eigenvalue weighted by Crippen LogP contribution is -2.38. The Morgan fingerprint density at radius 1 is 1.71 bits per heavy atom. The first-order valence-corrected chi connectivity index (χ1v) is 6.47. The Morgan fingerprint density at radius 3 is 3.18 bits per heavy atom. The first kappa shape index (κ1) is 12.5. The van der Waals surface area contributed by atoms with Crippen molar-refractivity contribution in [2.75, 3.05) is 13.2 Å². The van der Waals surface area contributed by atoms with Crippen LogP contribution in [0.15, 0.2) is 22.9 Å². The van der Waals surface area contributed by atoms with Crippen molar-refractivity contribution < 1.29 is 9.53 Å². The van der Waals surface area contributed by atoms with Crippen LogP contribution in [0.4, 0.5) is 0 Å². The first-order chi connectivity index (χ1) is 8.18. The molecule has 1 aliphatic rings. The average molecular weight is 299 g/mol. The lowest BCUT2D eigenvalue weighted by atomic mass is 10.0. The van der Waals surface area contributed by atoms with E-state index in [-0.39, 0.29) is 11.9 Å². The van der Waals surface area contributed by atoms with Crippen LogP contribution in [0, 0.1) is 5.92 Å². The number of ether oxygens (including phenoxy) is 1. The Kier molecular flexibility index (Phi) is 4.12. The minimum atomic E-state index is -0.0932. The molecule has 1 aromatic heterocycles. The van der Waals surface area contributed by atoms with Gasteiger partial charge in [0, 0.05) is 24.8 Å². The normalized spacial score (nSPS) is 21.2. The molecule has 2 heterocycles. The molecule has 5 heteroatoms. The molecule has 0 spiro atoms. The molecule has 0 aliphatic carbocycles. The molecule has 1 N–H and O–H groups in total. The molecule has 1 fully saturated rings. The molecule has 1 saturated heterocycles. The Labute approximate surface area is 109 Å². The van der Waals surface area contributed by atoms with E-state index in [0.717, 1.165) is 19.6 Å². The SMILES string of the molecule is CC(NC(=O)c1cccnc1Br)C1CCOC1. The van der Waals surface area contributed by atoms with Gasteiger partial charge in [0.2, 0.25) is 0 Å². The molecule has 2 unspecified atom stereocenters. The van der Waals surface area contributed by atoms with Crippen molar-refractivity contribution in [3.8, 4) is 0 Å². The van der Waals surface area contributed by atoms with Gasteiger partial charge in [-0.25, -0.2) is 4.98 Å². The van der Waals surface area contributed by atoms with Crippen molar-refractivity contribution >= 4 is 21.8 Å². The maximum absolute atomic E-state index is 12.0. The first-order valence-electron chi connectivity index (χ1n) is 5.67. The van der Waals surface area contributed by atoms with Crippen LogP contribution < -0.4 is 5.32 Å². The van der Waals surface area contributed by atoms with Crippen molar-refractivity contribution in [1.29, 1.82) is 0 Å². The summed E-state index contributed by atoms with van der Waals surface area (Å²) in [4.78, 5) is 16.0. The molecule has 1 aromatic rings. The average Bonchev–Trinajstić information content (AvgIpc) is 2.82. The van der Waals surface area contributed by atoms with Gasteiger partial charge in [0.05, 0.1) is 12.2 Å². The third kappa shape index (κ3) is 3.04. The molecule has 4 nitrogen and oxygen atoms in total. The minimum Gasteiger partial charge on any atom is -0.381 e. The molecule has 1 amide bonds. The summed E-state index contributed by atoms with van der Waals surface area (Å²) in [6.07, 6.45) is 2.66. The molecule has 17 heavy (non-hydrogen) atoms. The van der Waals surface area contributed by atoms with E-state index in [0.29, 0.717) is 16.1 Å². The molecular formula is C12H15BrN2O2. The minimum absolute atomic E-state index is 0.0932. The fraction of sp³-hybridized carbons (Fsp3) is 0.500. The summed E-state index contributed by atoms with van der Waals surface area (Å²) >= 11 is 3.27.